The third-order valence-corrected chi connectivity index (χ3v) is 4.18. The summed E-state index contributed by atoms with van der Waals surface area (Å²) in [4.78, 5) is 24.3. The summed E-state index contributed by atoms with van der Waals surface area (Å²) in [5.74, 6) is -0.465. The average Bonchev–Trinajstić information content (AvgIpc) is 2.72. The van der Waals surface area contributed by atoms with Crippen LogP contribution in [0.25, 0.3) is 0 Å². The van der Waals surface area contributed by atoms with Gasteiger partial charge in [-0.05, 0) is 42.2 Å². The lowest BCUT2D eigenvalue weighted by Crippen LogP contribution is -2.12. The molecule has 0 N–H and O–H groups in total. The molecule has 0 aliphatic carbocycles. The van der Waals surface area contributed by atoms with E-state index in [9.17, 15) is 9.59 Å². The second kappa shape index (κ2) is 10.1. The smallest absolute Gasteiger partial charge is 0.338 e. The molecule has 4 heteroatoms. The number of ether oxygens (including phenoxy) is 2. The molecular formula is C24H22O4. The number of aryl methyl sites for hydroxylation is 1. The summed E-state index contributed by atoms with van der Waals surface area (Å²) in [6.45, 7) is 0.339. The van der Waals surface area contributed by atoms with Gasteiger partial charge in [0.15, 0.2) is 0 Å². The van der Waals surface area contributed by atoms with Crippen molar-refractivity contribution in [3.8, 4) is 5.75 Å². The molecule has 142 valence electrons. The Labute approximate surface area is 164 Å². The third kappa shape index (κ3) is 6.09. The molecule has 3 rings (SSSR count). The van der Waals surface area contributed by atoms with Gasteiger partial charge in [0, 0.05) is 0 Å². The highest BCUT2D eigenvalue weighted by Crippen LogP contribution is 2.15. The zero-order chi connectivity index (χ0) is 19.6. The fourth-order valence-corrected chi connectivity index (χ4v) is 2.79. The zero-order valence-corrected chi connectivity index (χ0v) is 15.5. The van der Waals surface area contributed by atoms with E-state index in [0.717, 1.165) is 18.4 Å². The molecule has 0 aromatic heterocycles. The molecule has 0 saturated heterocycles. The first kappa shape index (κ1) is 19.4. The zero-order valence-electron chi connectivity index (χ0n) is 15.5. The fourth-order valence-electron chi connectivity index (χ4n) is 2.79. The summed E-state index contributed by atoms with van der Waals surface area (Å²) in [6, 6.07) is 25.9. The van der Waals surface area contributed by atoms with Crippen molar-refractivity contribution in [2.24, 2.45) is 0 Å². The number of esters is 2. The number of hydrogen-bond acceptors (Lipinski definition) is 4. The van der Waals surface area contributed by atoms with Crippen LogP contribution in [0.3, 0.4) is 0 Å². The minimum absolute atomic E-state index is 0.176. The molecule has 4 nitrogen and oxygen atoms in total. The van der Waals surface area contributed by atoms with Crippen LogP contribution in [-0.2, 0) is 22.4 Å². The maximum absolute atomic E-state index is 12.2. The number of rotatable bonds is 8. The number of benzene rings is 3. The number of hydrogen-bond donors (Lipinski definition) is 0. The van der Waals surface area contributed by atoms with Crippen LogP contribution >= 0.6 is 0 Å². The highest BCUT2D eigenvalue weighted by Gasteiger charge is 2.11. The summed E-state index contributed by atoms with van der Waals surface area (Å²) >= 11 is 0. The largest absolute Gasteiger partial charge is 0.462 e. The lowest BCUT2D eigenvalue weighted by molar-refractivity contribution is -0.133. The lowest BCUT2D eigenvalue weighted by Gasteiger charge is -2.08. The molecule has 0 unspecified atom stereocenters. The average molecular weight is 374 g/mol. The number of carbonyl (C=O) groups is 2. The van der Waals surface area contributed by atoms with E-state index < -0.39 is 5.97 Å². The van der Waals surface area contributed by atoms with E-state index in [4.69, 9.17) is 9.47 Å². The van der Waals surface area contributed by atoms with Crippen LogP contribution in [0.4, 0.5) is 0 Å². The third-order valence-electron chi connectivity index (χ3n) is 4.18. The standard InChI is InChI=1S/C24H22O4/c25-23(17-20-11-5-2-6-12-20)28-22-15-7-14-21(18-22)24(26)27-16-8-13-19-9-3-1-4-10-19/h1-7,9-12,14-15,18H,8,13,16-17H2. The Hall–Kier alpha value is -3.40. The second-order valence-electron chi connectivity index (χ2n) is 6.39. The summed E-state index contributed by atoms with van der Waals surface area (Å²) in [6.07, 6.45) is 1.78. The van der Waals surface area contributed by atoms with Gasteiger partial charge in [-0.1, -0.05) is 66.7 Å². The van der Waals surface area contributed by atoms with Crippen molar-refractivity contribution in [3.05, 3.63) is 102 Å². The first-order valence-electron chi connectivity index (χ1n) is 9.26. The molecule has 0 atom stereocenters. The Kier molecular flexibility index (Phi) is 6.96. The predicted octanol–water partition coefficient (Wildman–Crippen LogP) is 4.62. The van der Waals surface area contributed by atoms with E-state index in [1.54, 1.807) is 18.2 Å². The maximum Gasteiger partial charge on any atom is 0.338 e. The summed E-state index contributed by atoms with van der Waals surface area (Å²) in [7, 11) is 0. The van der Waals surface area contributed by atoms with Gasteiger partial charge in [-0.2, -0.15) is 0 Å². The van der Waals surface area contributed by atoms with Crippen LogP contribution in [0.2, 0.25) is 0 Å². The number of carbonyl (C=O) groups excluding carboxylic acids is 2. The van der Waals surface area contributed by atoms with E-state index >= 15 is 0 Å². The van der Waals surface area contributed by atoms with Gasteiger partial charge in [0.2, 0.25) is 0 Å². The van der Waals surface area contributed by atoms with E-state index in [2.05, 4.69) is 12.1 Å². The maximum atomic E-state index is 12.2. The molecule has 3 aromatic carbocycles. The highest BCUT2D eigenvalue weighted by atomic mass is 16.5. The van der Waals surface area contributed by atoms with Crippen LogP contribution < -0.4 is 4.74 Å². The Morgan fingerprint density at radius 2 is 1.43 bits per heavy atom. The van der Waals surface area contributed by atoms with Crippen molar-refractivity contribution in [3.63, 3.8) is 0 Å². The van der Waals surface area contributed by atoms with Gasteiger partial charge in [0.1, 0.15) is 5.75 Å². The van der Waals surface area contributed by atoms with E-state index in [1.807, 2.05) is 48.5 Å². The quantitative estimate of drug-likeness (QED) is 0.328. The van der Waals surface area contributed by atoms with Gasteiger partial charge in [-0.3, -0.25) is 4.79 Å². The van der Waals surface area contributed by atoms with Gasteiger partial charge in [-0.15, -0.1) is 0 Å². The fraction of sp³-hybridized carbons (Fsp3) is 0.167. The Bertz CT molecular complexity index is 904. The lowest BCUT2D eigenvalue weighted by atomic mass is 10.1. The molecule has 0 saturated carbocycles. The van der Waals surface area contributed by atoms with E-state index in [1.165, 1.54) is 11.6 Å². The van der Waals surface area contributed by atoms with Gasteiger partial charge in [0.25, 0.3) is 0 Å². The van der Waals surface area contributed by atoms with Gasteiger partial charge in [-0.25, -0.2) is 4.79 Å². The summed E-state index contributed by atoms with van der Waals surface area (Å²) in [5, 5.41) is 0. The van der Waals surface area contributed by atoms with Crippen LogP contribution in [0.5, 0.6) is 5.75 Å². The predicted molar refractivity (Wildman–Crippen MR) is 107 cm³/mol. The highest BCUT2D eigenvalue weighted by molar-refractivity contribution is 5.90. The van der Waals surface area contributed by atoms with Crippen molar-refractivity contribution in [2.45, 2.75) is 19.3 Å². The molecule has 0 heterocycles. The van der Waals surface area contributed by atoms with Crippen LogP contribution in [0.1, 0.15) is 27.9 Å². The summed E-state index contributed by atoms with van der Waals surface area (Å²) < 4.78 is 10.7. The van der Waals surface area contributed by atoms with Crippen molar-refractivity contribution >= 4 is 11.9 Å². The first-order chi connectivity index (χ1) is 13.7. The molecule has 28 heavy (non-hydrogen) atoms. The molecule has 0 aliphatic heterocycles. The van der Waals surface area contributed by atoms with Crippen LogP contribution in [0, 0.1) is 0 Å². The van der Waals surface area contributed by atoms with Crippen molar-refractivity contribution in [2.75, 3.05) is 6.61 Å². The van der Waals surface area contributed by atoms with E-state index in [-0.39, 0.29) is 12.4 Å². The molecular weight excluding hydrogens is 352 g/mol. The molecule has 0 bridgehead atoms. The molecule has 0 aliphatic rings. The Morgan fingerprint density at radius 1 is 0.750 bits per heavy atom. The van der Waals surface area contributed by atoms with Crippen LogP contribution in [-0.4, -0.2) is 18.5 Å². The van der Waals surface area contributed by atoms with Crippen molar-refractivity contribution in [1.29, 1.82) is 0 Å². The van der Waals surface area contributed by atoms with Gasteiger partial charge in [0.05, 0.1) is 18.6 Å². The topological polar surface area (TPSA) is 52.6 Å². The van der Waals surface area contributed by atoms with Crippen molar-refractivity contribution in [1.82, 2.24) is 0 Å². The Balaban J connectivity index is 1.48. The molecule has 0 fully saturated rings. The monoisotopic (exact) mass is 374 g/mol. The SMILES string of the molecule is O=C(Cc1ccccc1)Oc1cccc(C(=O)OCCCc2ccccc2)c1. The van der Waals surface area contributed by atoms with Gasteiger partial charge >= 0.3 is 11.9 Å². The minimum Gasteiger partial charge on any atom is -0.462 e. The Morgan fingerprint density at radius 3 is 2.14 bits per heavy atom. The van der Waals surface area contributed by atoms with Crippen LogP contribution in [0.15, 0.2) is 84.9 Å². The normalized spacial score (nSPS) is 10.3. The van der Waals surface area contributed by atoms with Crippen molar-refractivity contribution < 1.29 is 19.1 Å². The summed E-state index contributed by atoms with van der Waals surface area (Å²) in [5.41, 5.74) is 2.46. The minimum atomic E-state index is -0.422. The molecule has 3 aromatic rings. The van der Waals surface area contributed by atoms with E-state index in [0.29, 0.717) is 17.9 Å². The molecule has 0 amide bonds. The molecule has 0 spiro atoms. The van der Waals surface area contributed by atoms with Gasteiger partial charge < -0.3 is 9.47 Å². The first-order valence-corrected chi connectivity index (χ1v) is 9.26. The second-order valence-corrected chi connectivity index (χ2v) is 6.39. The molecule has 0 radical (unpaired) electrons.